The summed E-state index contributed by atoms with van der Waals surface area (Å²) in [5, 5.41) is 14.5. The Balaban J connectivity index is 1.48. The average Bonchev–Trinajstić information content (AvgIpc) is 2.74. The van der Waals surface area contributed by atoms with Gasteiger partial charge in [0.15, 0.2) is 0 Å². The number of piperazine rings is 1. The van der Waals surface area contributed by atoms with Gasteiger partial charge in [0, 0.05) is 59.4 Å². The number of halogens is 1. The molecule has 3 amide bonds. The lowest BCUT2D eigenvalue weighted by Crippen LogP contribution is -2.48. The Labute approximate surface area is 181 Å². The monoisotopic (exact) mass is 470 g/mol. The van der Waals surface area contributed by atoms with Crippen LogP contribution in [0.3, 0.4) is 0 Å². The fourth-order valence-electron chi connectivity index (χ4n) is 3.52. The molecular weight excluding hydrogens is 452 g/mol. The van der Waals surface area contributed by atoms with Gasteiger partial charge in [-0.1, -0.05) is 15.9 Å². The zero-order valence-corrected chi connectivity index (χ0v) is 17.5. The number of carboxylic acid groups (broad SMARTS) is 1. The van der Waals surface area contributed by atoms with E-state index in [4.69, 9.17) is 5.11 Å². The zero-order valence-electron chi connectivity index (χ0n) is 15.9. The first-order valence-corrected chi connectivity index (χ1v) is 10.2. The number of fused-ring (bicyclic) bond motifs is 1. The summed E-state index contributed by atoms with van der Waals surface area (Å²) in [7, 11) is 0. The Hall–Kier alpha value is -3.33. The Morgan fingerprint density at radius 1 is 1.00 bits per heavy atom. The van der Waals surface area contributed by atoms with Crippen LogP contribution in [0.25, 0.3) is 5.57 Å². The minimum absolute atomic E-state index is 0.375. The number of nitrogens with one attached hydrogen (secondary N) is 2. The summed E-state index contributed by atoms with van der Waals surface area (Å²) < 4.78 is 0.780. The van der Waals surface area contributed by atoms with Gasteiger partial charge in [-0.15, -0.1) is 0 Å². The van der Waals surface area contributed by atoms with Crippen molar-refractivity contribution in [1.82, 2.24) is 10.2 Å². The number of anilines is 2. The molecule has 0 saturated carbocycles. The van der Waals surface area contributed by atoms with Crippen LogP contribution in [0.5, 0.6) is 0 Å². The molecule has 2 heterocycles. The van der Waals surface area contributed by atoms with Crippen LogP contribution in [0.15, 0.2) is 53.1 Å². The van der Waals surface area contributed by atoms with Crippen molar-refractivity contribution in [3.8, 4) is 0 Å². The summed E-state index contributed by atoms with van der Waals surface area (Å²) >= 11 is 3.38. The molecule has 9 heteroatoms. The fourth-order valence-corrected chi connectivity index (χ4v) is 3.88. The highest BCUT2D eigenvalue weighted by molar-refractivity contribution is 9.10. The number of hydrogen-bond acceptors (Lipinski definition) is 5. The highest BCUT2D eigenvalue weighted by atomic mass is 79.9. The van der Waals surface area contributed by atoms with E-state index in [0.717, 1.165) is 15.8 Å². The van der Waals surface area contributed by atoms with Crippen molar-refractivity contribution >= 4 is 50.8 Å². The molecule has 0 aromatic heterocycles. The van der Waals surface area contributed by atoms with Gasteiger partial charge in [-0.05, 0) is 42.5 Å². The zero-order chi connectivity index (χ0) is 21.3. The SMILES string of the molecule is O=C1NC(=O)c2ccc(Br)cc2C1=CNc1ccc(N2CCN(C(=O)O)CC2)cc1. The molecule has 0 atom stereocenters. The molecule has 30 heavy (non-hydrogen) atoms. The minimum atomic E-state index is -0.885. The molecular formula is C21H19BrN4O4. The summed E-state index contributed by atoms with van der Waals surface area (Å²) in [5.74, 6) is -0.863. The summed E-state index contributed by atoms with van der Waals surface area (Å²) in [6.45, 7) is 2.24. The van der Waals surface area contributed by atoms with E-state index in [1.54, 1.807) is 24.4 Å². The second kappa shape index (κ2) is 8.19. The highest BCUT2D eigenvalue weighted by Crippen LogP contribution is 2.28. The van der Waals surface area contributed by atoms with Gasteiger partial charge in [-0.3, -0.25) is 14.9 Å². The molecule has 1 fully saturated rings. The molecule has 1 saturated heterocycles. The second-order valence-corrected chi connectivity index (χ2v) is 7.89. The molecule has 0 aliphatic carbocycles. The van der Waals surface area contributed by atoms with E-state index in [9.17, 15) is 14.4 Å². The van der Waals surface area contributed by atoms with Crippen molar-refractivity contribution in [1.29, 1.82) is 0 Å². The van der Waals surface area contributed by atoms with Gasteiger partial charge in [0.2, 0.25) is 0 Å². The third-order valence-corrected chi connectivity index (χ3v) is 5.65. The van der Waals surface area contributed by atoms with Crippen molar-refractivity contribution in [2.75, 3.05) is 36.4 Å². The summed E-state index contributed by atoms with van der Waals surface area (Å²) in [6.07, 6.45) is 0.706. The first-order chi connectivity index (χ1) is 14.4. The van der Waals surface area contributed by atoms with Crippen LogP contribution in [0.4, 0.5) is 16.2 Å². The summed E-state index contributed by atoms with van der Waals surface area (Å²) in [4.78, 5) is 38.9. The van der Waals surface area contributed by atoms with Crippen molar-refractivity contribution in [3.63, 3.8) is 0 Å². The minimum Gasteiger partial charge on any atom is -0.465 e. The topological polar surface area (TPSA) is 102 Å². The van der Waals surface area contributed by atoms with E-state index >= 15 is 0 Å². The maximum absolute atomic E-state index is 12.3. The first kappa shape index (κ1) is 20.0. The Bertz CT molecular complexity index is 1040. The van der Waals surface area contributed by atoms with Crippen molar-refractivity contribution < 1.29 is 19.5 Å². The van der Waals surface area contributed by atoms with Crippen molar-refractivity contribution in [2.45, 2.75) is 0 Å². The highest BCUT2D eigenvalue weighted by Gasteiger charge is 2.27. The molecule has 2 aliphatic heterocycles. The number of benzene rings is 2. The lowest BCUT2D eigenvalue weighted by Gasteiger charge is -2.34. The Morgan fingerprint density at radius 2 is 1.70 bits per heavy atom. The molecule has 0 unspecified atom stereocenters. The standard InChI is InChI=1S/C21H19BrN4O4/c22-13-1-6-16-17(11-13)18(20(28)24-19(16)27)12-23-14-2-4-15(5-3-14)25-7-9-26(10-8-25)21(29)30/h1-6,11-12,23H,7-10H2,(H,29,30)(H,24,27,28). The van der Waals surface area contributed by atoms with Crippen LogP contribution >= 0.6 is 15.9 Å². The molecule has 0 radical (unpaired) electrons. The maximum atomic E-state index is 12.3. The van der Waals surface area contributed by atoms with E-state index in [1.807, 2.05) is 24.3 Å². The number of hydrogen-bond donors (Lipinski definition) is 3. The molecule has 0 bridgehead atoms. The van der Waals surface area contributed by atoms with Crippen LogP contribution in [-0.2, 0) is 4.79 Å². The van der Waals surface area contributed by atoms with Crippen LogP contribution in [0, 0.1) is 0 Å². The van der Waals surface area contributed by atoms with Gasteiger partial charge in [0.1, 0.15) is 0 Å². The number of amides is 3. The van der Waals surface area contributed by atoms with Crippen LogP contribution < -0.4 is 15.5 Å². The third-order valence-electron chi connectivity index (χ3n) is 5.15. The van der Waals surface area contributed by atoms with Gasteiger partial charge >= 0.3 is 6.09 Å². The van der Waals surface area contributed by atoms with Crippen LogP contribution in [0.2, 0.25) is 0 Å². The van der Waals surface area contributed by atoms with Crippen LogP contribution in [0.1, 0.15) is 15.9 Å². The largest absolute Gasteiger partial charge is 0.465 e. The number of rotatable bonds is 3. The number of nitrogens with zero attached hydrogens (tertiary/aromatic N) is 2. The average molecular weight is 471 g/mol. The maximum Gasteiger partial charge on any atom is 0.407 e. The van der Waals surface area contributed by atoms with E-state index in [1.165, 1.54) is 4.90 Å². The summed E-state index contributed by atoms with van der Waals surface area (Å²) in [5.41, 5.74) is 3.19. The number of imide groups is 1. The number of carbonyl (C=O) groups excluding carboxylic acids is 2. The number of carbonyl (C=O) groups is 3. The lowest BCUT2D eigenvalue weighted by atomic mass is 9.95. The molecule has 2 aromatic carbocycles. The third kappa shape index (κ3) is 4.02. The molecule has 2 aromatic rings. The van der Waals surface area contributed by atoms with Crippen molar-refractivity contribution in [3.05, 3.63) is 64.3 Å². The molecule has 2 aliphatic rings. The first-order valence-electron chi connectivity index (χ1n) is 9.37. The normalized spacial score (nSPS) is 17.6. The summed E-state index contributed by atoms with van der Waals surface area (Å²) in [6, 6.07) is 12.9. The smallest absolute Gasteiger partial charge is 0.407 e. The Morgan fingerprint density at radius 3 is 2.37 bits per heavy atom. The van der Waals surface area contributed by atoms with Gasteiger partial charge in [0.05, 0.1) is 5.57 Å². The fraction of sp³-hybridized carbons (Fsp3) is 0.190. The molecule has 8 nitrogen and oxygen atoms in total. The van der Waals surface area contributed by atoms with E-state index in [2.05, 4.69) is 31.5 Å². The van der Waals surface area contributed by atoms with Crippen LogP contribution in [-0.4, -0.2) is 54.1 Å². The molecule has 0 spiro atoms. The predicted molar refractivity (Wildman–Crippen MR) is 116 cm³/mol. The van der Waals surface area contributed by atoms with Gasteiger partial charge < -0.3 is 20.2 Å². The van der Waals surface area contributed by atoms with E-state index < -0.39 is 17.9 Å². The van der Waals surface area contributed by atoms with E-state index in [-0.39, 0.29) is 0 Å². The molecule has 154 valence electrons. The van der Waals surface area contributed by atoms with E-state index in [0.29, 0.717) is 42.9 Å². The molecule has 4 rings (SSSR count). The van der Waals surface area contributed by atoms with Gasteiger partial charge in [0.25, 0.3) is 11.8 Å². The quantitative estimate of drug-likeness (QED) is 0.470. The van der Waals surface area contributed by atoms with Gasteiger partial charge in [-0.2, -0.15) is 0 Å². The Kier molecular flexibility index (Phi) is 5.45. The lowest BCUT2D eigenvalue weighted by molar-refractivity contribution is -0.114. The second-order valence-electron chi connectivity index (χ2n) is 6.98. The van der Waals surface area contributed by atoms with Crippen molar-refractivity contribution in [2.24, 2.45) is 0 Å². The molecule has 3 N–H and O–H groups in total. The van der Waals surface area contributed by atoms with Gasteiger partial charge in [-0.25, -0.2) is 4.79 Å². The predicted octanol–water partition coefficient (Wildman–Crippen LogP) is 2.97.